The van der Waals surface area contributed by atoms with E-state index in [1.54, 1.807) is 0 Å². The third kappa shape index (κ3) is 3.58. The molecule has 0 aromatic heterocycles. The fourth-order valence-corrected chi connectivity index (χ4v) is 2.91. The molecular formula is C16H24N2O2. The largest absolute Gasteiger partial charge is 0.396 e. The molecule has 1 aromatic rings. The first-order chi connectivity index (χ1) is 9.76. The van der Waals surface area contributed by atoms with Crippen molar-refractivity contribution in [2.45, 2.75) is 31.7 Å². The Morgan fingerprint density at radius 3 is 2.90 bits per heavy atom. The molecule has 20 heavy (non-hydrogen) atoms. The number of rotatable bonds is 6. The predicted octanol–water partition coefficient (Wildman–Crippen LogP) is 1.34. The average Bonchev–Trinajstić information content (AvgIpc) is 2.92. The van der Waals surface area contributed by atoms with Crippen molar-refractivity contribution in [1.29, 1.82) is 0 Å². The van der Waals surface area contributed by atoms with Crippen molar-refractivity contribution in [3.63, 3.8) is 0 Å². The number of aliphatic hydroxyl groups excluding tert-OH is 1. The molecule has 0 radical (unpaired) electrons. The lowest BCUT2D eigenvalue weighted by atomic mass is 10.0. The van der Waals surface area contributed by atoms with Gasteiger partial charge in [0.05, 0.1) is 0 Å². The van der Waals surface area contributed by atoms with E-state index in [0.717, 1.165) is 43.4 Å². The summed E-state index contributed by atoms with van der Waals surface area (Å²) >= 11 is 0. The van der Waals surface area contributed by atoms with Gasteiger partial charge < -0.3 is 15.7 Å². The number of carbonyl (C=O) groups excluding carboxylic acids is 1. The van der Waals surface area contributed by atoms with E-state index in [4.69, 9.17) is 0 Å². The minimum atomic E-state index is -0.0120. The van der Waals surface area contributed by atoms with E-state index in [-0.39, 0.29) is 24.5 Å². The fraction of sp³-hybridized carbons (Fsp3) is 0.562. The molecule has 1 aliphatic carbocycles. The Bertz CT molecular complexity index is 448. The molecule has 0 heterocycles. The second kappa shape index (κ2) is 7.41. The van der Waals surface area contributed by atoms with Gasteiger partial charge in [-0.1, -0.05) is 24.6 Å². The van der Waals surface area contributed by atoms with Crippen LogP contribution in [0.15, 0.2) is 24.3 Å². The Labute approximate surface area is 120 Å². The van der Waals surface area contributed by atoms with Crippen LogP contribution in [0, 0.1) is 5.92 Å². The normalized spacial score (nSPS) is 21.9. The molecule has 2 atom stereocenters. The van der Waals surface area contributed by atoms with E-state index in [1.165, 1.54) is 0 Å². The molecule has 4 heteroatoms. The monoisotopic (exact) mass is 276 g/mol. The first kappa shape index (κ1) is 15.0. The van der Waals surface area contributed by atoms with Crippen molar-refractivity contribution in [3.05, 3.63) is 35.4 Å². The van der Waals surface area contributed by atoms with Crippen LogP contribution in [0.25, 0.3) is 0 Å². The Kier molecular flexibility index (Phi) is 5.56. The first-order valence-electron chi connectivity index (χ1n) is 7.40. The highest BCUT2D eigenvalue weighted by Gasteiger charge is 2.28. The highest BCUT2D eigenvalue weighted by molar-refractivity contribution is 5.95. The van der Waals surface area contributed by atoms with Gasteiger partial charge >= 0.3 is 0 Å². The molecular weight excluding hydrogens is 252 g/mol. The van der Waals surface area contributed by atoms with Crippen molar-refractivity contribution >= 4 is 5.91 Å². The van der Waals surface area contributed by atoms with Gasteiger partial charge in [0.1, 0.15) is 0 Å². The van der Waals surface area contributed by atoms with Crippen molar-refractivity contribution < 1.29 is 9.90 Å². The van der Waals surface area contributed by atoms with E-state index >= 15 is 0 Å². The van der Waals surface area contributed by atoms with Gasteiger partial charge in [-0.05, 0) is 44.5 Å². The van der Waals surface area contributed by atoms with Crippen molar-refractivity contribution in [2.24, 2.45) is 5.92 Å². The van der Waals surface area contributed by atoms with Gasteiger partial charge in [0.2, 0.25) is 0 Å². The SMILES string of the molecule is CNCCc1ccccc1C(=O)NC1CCCC1CO. The predicted molar refractivity (Wildman–Crippen MR) is 79.8 cm³/mol. The fourth-order valence-electron chi connectivity index (χ4n) is 2.91. The van der Waals surface area contributed by atoms with Crippen LogP contribution in [-0.4, -0.2) is 37.3 Å². The summed E-state index contributed by atoms with van der Waals surface area (Å²) in [7, 11) is 1.91. The lowest BCUT2D eigenvalue weighted by molar-refractivity contribution is 0.0915. The molecule has 1 saturated carbocycles. The zero-order valence-corrected chi connectivity index (χ0v) is 12.1. The third-order valence-electron chi connectivity index (χ3n) is 4.12. The minimum absolute atomic E-state index is 0.0120. The molecule has 2 rings (SSSR count). The van der Waals surface area contributed by atoms with Crippen molar-refractivity contribution in [1.82, 2.24) is 10.6 Å². The molecule has 2 unspecified atom stereocenters. The number of likely N-dealkylation sites (N-methyl/N-ethyl adjacent to an activating group) is 1. The lowest BCUT2D eigenvalue weighted by Crippen LogP contribution is -2.39. The van der Waals surface area contributed by atoms with E-state index in [2.05, 4.69) is 10.6 Å². The maximum atomic E-state index is 12.4. The molecule has 1 amide bonds. The summed E-state index contributed by atoms with van der Waals surface area (Å²) in [5.41, 5.74) is 1.82. The summed E-state index contributed by atoms with van der Waals surface area (Å²) in [4.78, 5) is 12.4. The smallest absolute Gasteiger partial charge is 0.251 e. The number of hydrogen-bond acceptors (Lipinski definition) is 3. The molecule has 1 fully saturated rings. The molecule has 0 spiro atoms. The zero-order chi connectivity index (χ0) is 14.4. The van der Waals surface area contributed by atoms with Gasteiger partial charge in [-0.15, -0.1) is 0 Å². The van der Waals surface area contributed by atoms with Crippen LogP contribution in [-0.2, 0) is 6.42 Å². The Morgan fingerprint density at radius 1 is 1.35 bits per heavy atom. The van der Waals surface area contributed by atoms with Crippen molar-refractivity contribution in [3.8, 4) is 0 Å². The van der Waals surface area contributed by atoms with E-state index in [1.807, 2.05) is 31.3 Å². The minimum Gasteiger partial charge on any atom is -0.396 e. The molecule has 0 saturated heterocycles. The van der Waals surface area contributed by atoms with Gasteiger partial charge in [-0.2, -0.15) is 0 Å². The topological polar surface area (TPSA) is 61.4 Å². The highest BCUT2D eigenvalue weighted by atomic mass is 16.3. The van der Waals surface area contributed by atoms with Gasteiger partial charge in [-0.25, -0.2) is 0 Å². The van der Waals surface area contributed by atoms with Crippen LogP contribution in [0.4, 0.5) is 0 Å². The van der Waals surface area contributed by atoms with Gasteiger partial charge in [0, 0.05) is 24.1 Å². The molecule has 1 aromatic carbocycles. The lowest BCUT2D eigenvalue weighted by Gasteiger charge is -2.20. The molecule has 0 aliphatic heterocycles. The number of hydrogen-bond donors (Lipinski definition) is 3. The van der Waals surface area contributed by atoms with E-state index < -0.39 is 0 Å². The molecule has 1 aliphatic rings. The van der Waals surface area contributed by atoms with Gasteiger partial charge in [-0.3, -0.25) is 4.79 Å². The van der Waals surface area contributed by atoms with Crippen LogP contribution >= 0.6 is 0 Å². The molecule has 110 valence electrons. The summed E-state index contributed by atoms with van der Waals surface area (Å²) in [6.45, 7) is 1.01. The van der Waals surface area contributed by atoms with Crippen molar-refractivity contribution in [2.75, 3.05) is 20.2 Å². The second-order valence-electron chi connectivity index (χ2n) is 5.46. The Balaban J connectivity index is 2.05. The molecule has 3 N–H and O–H groups in total. The summed E-state index contributed by atoms with van der Waals surface area (Å²) in [5.74, 6) is 0.200. The molecule has 4 nitrogen and oxygen atoms in total. The highest BCUT2D eigenvalue weighted by Crippen LogP contribution is 2.25. The number of carbonyl (C=O) groups is 1. The molecule has 0 bridgehead atoms. The van der Waals surface area contributed by atoms with Crippen LogP contribution in [0.5, 0.6) is 0 Å². The van der Waals surface area contributed by atoms with Crippen LogP contribution in [0.1, 0.15) is 35.2 Å². The Morgan fingerprint density at radius 2 is 2.15 bits per heavy atom. The van der Waals surface area contributed by atoms with Crippen LogP contribution < -0.4 is 10.6 Å². The van der Waals surface area contributed by atoms with E-state index in [9.17, 15) is 9.90 Å². The number of amides is 1. The first-order valence-corrected chi connectivity index (χ1v) is 7.40. The van der Waals surface area contributed by atoms with Crippen LogP contribution in [0.2, 0.25) is 0 Å². The zero-order valence-electron chi connectivity index (χ0n) is 12.1. The third-order valence-corrected chi connectivity index (χ3v) is 4.12. The maximum Gasteiger partial charge on any atom is 0.251 e. The number of aliphatic hydroxyl groups is 1. The Hall–Kier alpha value is -1.39. The maximum absolute atomic E-state index is 12.4. The quantitative estimate of drug-likeness (QED) is 0.735. The average molecular weight is 276 g/mol. The summed E-state index contributed by atoms with van der Waals surface area (Å²) < 4.78 is 0. The number of benzene rings is 1. The second-order valence-corrected chi connectivity index (χ2v) is 5.46. The van der Waals surface area contributed by atoms with Gasteiger partial charge in [0.15, 0.2) is 0 Å². The number of nitrogens with one attached hydrogen (secondary N) is 2. The summed E-state index contributed by atoms with van der Waals surface area (Å²) in [6.07, 6.45) is 3.89. The van der Waals surface area contributed by atoms with E-state index in [0.29, 0.717) is 0 Å². The standard InChI is InChI=1S/C16H24N2O2/c1-17-10-9-12-5-2-3-7-14(12)16(20)18-15-8-4-6-13(15)11-19/h2-3,5,7,13,15,17,19H,4,6,8-11H2,1H3,(H,18,20). The van der Waals surface area contributed by atoms with Gasteiger partial charge in [0.25, 0.3) is 5.91 Å². The summed E-state index contributed by atoms with van der Waals surface area (Å²) in [5, 5.41) is 15.5. The van der Waals surface area contributed by atoms with Crippen LogP contribution in [0.3, 0.4) is 0 Å². The summed E-state index contributed by atoms with van der Waals surface area (Å²) in [6, 6.07) is 7.86.